The Balaban J connectivity index is 2.24. The van der Waals surface area contributed by atoms with Crippen LogP contribution < -0.4 is 10.1 Å². The topological polar surface area (TPSA) is 58.6 Å². The molecule has 0 aliphatic carbocycles. The molecule has 0 unspecified atom stereocenters. The number of ether oxygens (including phenoxy) is 1. The third-order valence-electron chi connectivity index (χ3n) is 4.96. The lowest BCUT2D eigenvalue weighted by Gasteiger charge is -2.14. The van der Waals surface area contributed by atoms with Crippen molar-refractivity contribution < 1.29 is 14.6 Å². The molecular weight excluding hydrogens is 382 g/mol. The predicted molar refractivity (Wildman–Crippen MR) is 126 cm³/mol. The Morgan fingerprint density at radius 3 is 2.21 bits per heavy atom. The van der Waals surface area contributed by atoms with E-state index >= 15 is 0 Å². The molecule has 0 bridgehead atoms. The summed E-state index contributed by atoms with van der Waals surface area (Å²) in [5, 5.41) is 12.1. The third kappa shape index (κ3) is 13.3. The first kappa shape index (κ1) is 25.4. The lowest BCUT2D eigenvalue weighted by atomic mass is 10.1. The molecule has 0 saturated carbocycles. The highest BCUT2D eigenvalue weighted by atomic mass is 32.1. The fourth-order valence-electron chi connectivity index (χ4n) is 3.26. The Morgan fingerprint density at radius 1 is 0.966 bits per heavy atom. The molecule has 0 heterocycles. The fourth-order valence-corrected chi connectivity index (χ4v) is 3.51. The van der Waals surface area contributed by atoms with Crippen molar-refractivity contribution in [1.29, 1.82) is 0 Å². The molecule has 0 radical (unpaired) electrons. The number of anilines is 1. The van der Waals surface area contributed by atoms with E-state index in [1.54, 1.807) is 0 Å². The standard InChI is InChI=1S/C24H39NO3S/c1-3-4-5-6-7-8-9-10-11-12-14-23(29)25-21-19-20(2)16-17-22(21)28-18-13-15-24(26)27/h16-17,19H,3-15,18H2,1-2H3,(H,25,29)(H,26,27). The van der Waals surface area contributed by atoms with Gasteiger partial charge in [-0.1, -0.05) is 83.0 Å². The van der Waals surface area contributed by atoms with E-state index in [9.17, 15) is 4.79 Å². The van der Waals surface area contributed by atoms with Crippen LogP contribution in [0, 0.1) is 6.92 Å². The number of carboxylic acids is 1. The molecule has 0 atom stereocenters. The highest BCUT2D eigenvalue weighted by molar-refractivity contribution is 7.80. The van der Waals surface area contributed by atoms with Crippen molar-refractivity contribution in [1.82, 2.24) is 0 Å². The second-order valence-corrected chi connectivity index (χ2v) is 8.32. The van der Waals surface area contributed by atoms with Crippen molar-refractivity contribution in [2.45, 2.75) is 97.3 Å². The smallest absolute Gasteiger partial charge is 0.303 e. The van der Waals surface area contributed by atoms with Crippen molar-refractivity contribution in [3.63, 3.8) is 0 Å². The van der Waals surface area contributed by atoms with Gasteiger partial charge in [-0.3, -0.25) is 4.79 Å². The van der Waals surface area contributed by atoms with Crippen LogP contribution in [-0.2, 0) is 4.79 Å². The molecule has 0 aromatic heterocycles. The Bertz CT molecular complexity index is 604. The Morgan fingerprint density at radius 2 is 1.59 bits per heavy atom. The van der Waals surface area contributed by atoms with Gasteiger partial charge in [0, 0.05) is 6.42 Å². The van der Waals surface area contributed by atoms with Crippen LogP contribution in [0.1, 0.15) is 96.0 Å². The summed E-state index contributed by atoms with van der Waals surface area (Å²) < 4.78 is 5.76. The maximum absolute atomic E-state index is 10.6. The van der Waals surface area contributed by atoms with Crippen LogP contribution in [0.5, 0.6) is 5.75 Å². The average Bonchev–Trinajstić information content (AvgIpc) is 2.68. The maximum Gasteiger partial charge on any atom is 0.303 e. The number of hydrogen-bond acceptors (Lipinski definition) is 3. The summed E-state index contributed by atoms with van der Waals surface area (Å²) in [4.78, 5) is 11.5. The summed E-state index contributed by atoms with van der Waals surface area (Å²) in [6.07, 6.45) is 14.7. The SMILES string of the molecule is CCCCCCCCCCCCC(=S)Nc1cc(C)ccc1OCCCC(=O)O. The van der Waals surface area contributed by atoms with Crippen LogP contribution in [0.3, 0.4) is 0 Å². The number of carbonyl (C=O) groups is 1. The molecule has 0 aliphatic rings. The molecule has 0 amide bonds. The van der Waals surface area contributed by atoms with Crippen molar-refractivity contribution >= 4 is 28.9 Å². The van der Waals surface area contributed by atoms with Gasteiger partial charge in [0.1, 0.15) is 5.75 Å². The minimum absolute atomic E-state index is 0.117. The quantitative estimate of drug-likeness (QED) is 0.204. The molecular formula is C24H39NO3S. The molecule has 29 heavy (non-hydrogen) atoms. The Labute approximate surface area is 182 Å². The molecule has 1 aromatic carbocycles. The molecule has 164 valence electrons. The monoisotopic (exact) mass is 421 g/mol. The van der Waals surface area contributed by atoms with Crippen LogP contribution in [0.2, 0.25) is 0 Å². The number of unbranched alkanes of at least 4 members (excludes halogenated alkanes) is 9. The molecule has 1 aromatic rings. The summed E-state index contributed by atoms with van der Waals surface area (Å²) in [5.74, 6) is -0.0695. The molecule has 5 heteroatoms. The van der Waals surface area contributed by atoms with Gasteiger partial charge < -0.3 is 15.2 Å². The van der Waals surface area contributed by atoms with Crippen molar-refractivity contribution in [3.05, 3.63) is 23.8 Å². The van der Waals surface area contributed by atoms with Crippen LogP contribution in [0.25, 0.3) is 0 Å². The van der Waals surface area contributed by atoms with Crippen molar-refractivity contribution in [2.75, 3.05) is 11.9 Å². The number of carboxylic acid groups (broad SMARTS) is 1. The largest absolute Gasteiger partial charge is 0.491 e. The molecule has 0 spiro atoms. The van der Waals surface area contributed by atoms with E-state index in [0.29, 0.717) is 13.0 Å². The molecule has 0 fully saturated rings. The third-order valence-corrected chi connectivity index (χ3v) is 5.27. The Hall–Kier alpha value is -1.62. The van der Waals surface area contributed by atoms with Crippen LogP contribution in [0.4, 0.5) is 5.69 Å². The maximum atomic E-state index is 10.6. The van der Waals surface area contributed by atoms with E-state index in [1.165, 1.54) is 57.8 Å². The van der Waals surface area contributed by atoms with Crippen molar-refractivity contribution in [2.24, 2.45) is 0 Å². The number of aliphatic carboxylic acids is 1. The van der Waals surface area contributed by atoms with E-state index in [4.69, 9.17) is 22.1 Å². The van der Waals surface area contributed by atoms with E-state index in [1.807, 2.05) is 25.1 Å². The van der Waals surface area contributed by atoms with Gasteiger partial charge in [-0.15, -0.1) is 0 Å². The first-order valence-electron chi connectivity index (χ1n) is 11.3. The minimum atomic E-state index is -0.798. The first-order chi connectivity index (χ1) is 14.0. The second-order valence-electron chi connectivity index (χ2n) is 7.83. The molecule has 0 aliphatic heterocycles. The summed E-state index contributed by atoms with van der Waals surface area (Å²) in [5.41, 5.74) is 2.00. The summed E-state index contributed by atoms with van der Waals surface area (Å²) in [7, 11) is 0. The van der Waals surface area contributed by atoms with E-state index in [2.05, 4.69) is 12.2 Å². The van der Waals surface area contributed by atoms with Crippen LogP contribution in [0.15, 0.2) is 18.2 Å². The van der Waals surface area contributed by atoms with Gasteiger partial charge in [0.2, 0.25) is 0 Å². The predicted octanol–water partition coefficient (Wildman–Crippen LogP) is 7.29. The van der Waals surface area contributed by atoms with Crippen LogP contribution >= 0.6 is 12.2 Å². The van der Waals surface area contributed by atoms with E-state index in [0.717, 1.165) is 34.8 Å². The fraction of sp³-hybridized carbons (Fsp3) is 0.667. The highest BCUT2D eigenvalue weighted by Gasteiger charge is 2.07. The van der Waals surface area contributed by atoms with Gasteiger partial charge in [0.25, 0.3) is 0 Å². The zero-order valence-electron chi connectivity index (χ0n) is 18.3. The second kappa shape index (κ2) is 16.2. The number of thiocarbonyl (C=S) groups is 1. The minimum Gasteiger partial charge on any atom is -0.491 e. The molecule has 2 N–H and O–H groups in total. The summed E-state index contributed by atoms with van der Waals surface area (Å²) in [6.45, 7) is 4.68. The lowest BCUT2D eigenvalue weighted by Crippen LogP contribution is -2.11. The van der Waals surface area contributed by atoms with E-state index in [-0.39, 0.29) is 6.42 Å². The van der Waals surface area contributed by atoms with Gasteiger partial charge in [-0.05, 0) is 43.9 Å². The molecule has 0 saturated heterocycles. The number of rotatable bonds is 17. The molecule has 1 rings (SSSR count). The number of aryl methyl sites for hydroxylation is 1. The first-order valence-corrected chi connectivity index (χ1v) is 11.7. The van der Waals surface area contributed by atoms with Gasteiger partial charge >= 0.3 is 5.97 Å². The van der Waals surface area contributed by atoms with Crippen LogP contribution in [-0.4, -0.2) is 22.7 Å². The van der Waals surface area contributed by atoms with Crippen molar-refractivity contribution in [3.8, 4) is 5.75 Å². The van der Waals surface area contributed by atoms with E-state index < -0.39 is 5.97 Å². The number of benzene rings is 1. The zero-order valence-corrected chi connectivity index (χ0v) is 19.1. The van der Waals surface area contributed by atoms with Gasteiger partial charge in [0.05, 0.1) is 17.3 Å². The highest BCUT2D eigenvalue weighted by Crippen LogP contribution is 2.26. The normalized spacial score (nSPS) is 10.7. The Kier molecular flexibility index (Phi) is 14.2. The van der Waals surface area contributed by atoms with Gasteiger partial charge in [0.15, 0.2) is 0 Å². The summed E-state index contributed by atoms with van der Waals surface area (Å²) in [6, 6.07) is 5.93. The lowest BCUT2D eigenvalue weighted by molar-refractivity contribution is -0.137. The zero-order chi connectivity index (χ0) is 21.3. The number of nitrogens with one attached hydrogen (secondary N) is 1. The number of hydrogen-bond donors (Lipinski definition) is 2. The van der Waals surface area contributed by atoms with Gasteiger partial charge in [-0.2, -0.15) is 0 Å². The average molecular weight is 422 g/mol. The van der Waals surface area contributed by atoms with Gasteiger partial charge in [-0.25, -0.2) is 0 Å². The molecule has 4 nitrogen and oxygen atoms in total. The summed E-state index contributed by atoms with van der Waals surface area (Å²) >= 11 is 5.52.